The van der Waals surface area contributed by atoms with Crippen LogP contribution in [0, 0.1) is 0 Å². The zero-order chi connectivity index (χ0) is 33.1. The summed E-state index contributed by atoms with van der Waals surface area (Å²) < 4.78 is 9.78. The van der Waals surface area contributed by atoms with Crippen LogP contribution >= 0.6 is 0 Å². The van der Waals surface area contributed by atoms with E-state index in [2.05, 4.69) is 62.6 Å². The number of amides is 8. The van der Waals surface area contributed by atoms with Crippen molar-refractivity contribution in [2.75, 3.05) is 45.9 Å². The Morgan fingerprint density at radius 3 is 1.36 bits per heavy atom. The molecule has 0 aliphatic carbocycles. The molecule has 0 bridgehead atoms. The van der Waals surface area contributed by atoms with Gasteiger partial charge in [0.25, 0.3) is 0 Å². The summed E-state index contributed by atoms with van der Waals surface area (Å²) in [4.78, 5) is 61.5. The average molecular weight is 639 g/mol. The van der Waals surface area contributed by atoms with E-state index in [0.29, 0.717) is 58.0 Å². The van der Waals surface area contributed by atoms with Crippen molar-refractivity contribution in [2.45, 2.75) is 89.3 Å². The predicted molar refractivity (Wildman–Crippen MR) is 172 cm³/mol. The molecule has 3 atom stereocenters. The second-order valence-corrected chi connectivity index (χ2v) is 10.8. The molecule has 1 rings (SSSR count). The van der Waals surface area contributed by atoms with E-state index >= 15 is 0 Å². The van der Waals surface area contributed by atoms with Crippen molar-refractivity contribution >= 4 is 30.3 Å². The Kier molecular flexibility index (Phi) is 21.7. The molecule has 0 saturated carbocycles. The number of urea groups is 3. The molecule has 15 heteroatoms. The van der Waals surface area contributed by atoms with Crippen LogP contribution in [0.5, 0.6) is 0 Å². The summed E-state index contributed by atoms with van der Waals surface area (Å²) in [6.07, 6.45) is 9.33. The minimum atomic E-state index is -0.522. The quantitative estimate of drug-likeness (QED) is 0.0833. The van der Waals surface area contributed by atoms with Crippen LogP contribution in [0.2, 0.25) is 0 Å². The predicted octanol–water partition coefficient (Wildman–Crippen LogP) is 2.75. The van der Waals surface area contributed by atoms with Gasteiger partial charge in [-0.15, -0.1) is 0 Å². The van der Waals surface area contributed by atoms with Crippen LogP contribution in [0.25, 0.3) is 0 Å². The van der Waals surface area contributed by atoms with Crippen molar-refractivity contribution in [3.8, 4) is 0 Å². The molecule has 0 radical (unpaired) electrons. The van der Waals surface area contributed by atoms with E-state index < -0.39 is 24.2 Å². The minimum Gasteiger partial charge on any atom is -0.445 e. The van der Waals surface area contributed by atoms with Crippen LogP contribution in [0.1, 0.15) is 71.1 Å². The standard InChI is InChI=1S/C30H54N8O7/c1-4-7-8-13-23-20-33-27(40)37-25(15-10-12-17-32-30(43)45-19-6-3)22-35-28(41)38-24(21-34-26(39)36-23)14-9-11-16-31-29(42)44-18-5-2/h5-6,23-25H,2-4,7-22H2,1H3,(H,31,42)(H,32,43)(H2,33,37,40)(H2,34,36,39)(H2,35,38,41)/t23-,24-,25-/m0/s1. The lowest BCUT2D eigenvalue weighted by Crippen LogP contribution is -2.52. The van der Waals surface area contributed by atoms with E-state index in [1.807, 2.05) is 0 Å². The highest BCUT2D eigenvalue weighted by atomic mass is 16.6. The normalized spacial score (nSPS) is 19.3. The van der Waals surface area contributed by atoms with E-state index in [9.17, 15) is 24.0 Å². The zero-order valence-corrected chi connectivity index (χ0v) is 26.7. The van der Waals surface area contributed by atoms with E-state index in [1.165, 1.54) is 12.2 Å². The first-order chi connectivity index (χ1) is 21.8. The van der Waals surface area contributed by atoms with Crippen LogP contribution in [0.3, 0.4) is 0 Å². The minimum absolute atomic E-state index is 0.130. The van der Waals surface area contributed by atoms with Crippen LogP contribution in [-0.2, 0) is 9.47 Å². The molecular formula is C30H54N8O7. The fourth-order valence-electron chi connectivity index (χ4n) is 4.46. The monoisotopic (exact) mass is 638 g/mol. The number of carbonyl (C=O) groups excluding carboxylic acids is 5. The smallest absolute Gasteiger partial charge is 0.407 e. The molecule has 45 heavy (non-hydrogen) atoms. The lowest BCUT2D eigenvalue weighted by atomic mass is 10.1. The number of ether oxygens (including phenoxy) is 2. The number of alkyl carbamates (subject to hydrolysis) is 2. The highest BCUT2D eigenvalue weighted by Crippen LogP contribution is 2.05. The van der Waals surface area contributed by atoms with Crippen molar-refractivity contribution in [2.24, 2.45) is 0 Å². The molecule has 15 nitrogen and oxygen atoms in total. The van der Waals surface area contributed by atoms with E-state index in [1.54, 1.807) is 0 Å². The zero-order valence-electron chi connectivity index (χ0n) is 26.7. The van der Waals surface area contributed by atoms with Gasteiger partial charge >= 0.3 is 30.3 Å². The number of hydrogen-bond donors (Lipinski definition) is 8. The summed E-state index contributed by atoms with van der Waals surface area (Å²) in [5.74, 6) is 0. The van der Waals surface area contributed by atoms with E-state index in [-0.39, 0.29) is 57.0 Å². The van der Waals surface area contributed by atoms with Crippen LogP contribution in [-0.4, -0.2) is 94.3 Å². The van der Waals surface area contributed by atoms with Gasteiger partial charge in [-0.3, -0.25) is 0 Å². The maximum atomic E-state index is 12.8. The molecule has 1 fully saturated rings. The van der Waals surface area contributed by atoms with Gasteiger partial charge in [0, 0.05) is 50.8 Å². The summed E-state index contributed by atoms with van der Waals surface area (Å²) in [6, 6.07) is -2.22. The van der Waals surface area contributed by atoms with Gasteiger partial charge < -0.3 is 52.0 Å². The molecule has 0 aromatic rings. The Labute approximate surface area is 266 Å². The summed E-state index contributed by atoms with van der Waals surface area (Å²) in [7, 11) is 0. The van der Waals surface area contributed by atoms with Gasteiger partial charge in [0.05, 0.1) is 0 Å². The van der Waals surface area contributed by atoms with Crippen LogP contribution in [0.4, 0.5) is 24.0 Å². The average Bonchev–Trinajstić information content (AvgIpc) is 3.02. The number of hydrogen-bond acceptors (Lipinski definition) is 7. The van der Waals surface area contributed by atoms with Crippen molar-refractivity contribution in [1.29, 1.82) is 0 Å². The highest BCUT2D eigenvalue weighted by Gasteiger charge is 2.20. The second kappa shape index (κ2) is 25.2. The summed E-state index contributed by atoms with van der Waals surface area (Å²) in [6.45, 7) is 10.8. The van der Waals surface area contributed by atoms with Gasteiger partial charge in [0.15, 0.2) is 0 Å². The van der Waals surface area contributed by atoms with Crippen molar-refractivity contribution in [3.63, 3.8) is 0 Å². The molecule has 0 aromatic carbocycles. The number of carbonyl (C=O) groups is 5. The van der Waals surface area contributed by atoms with Crippen molar-refractivity contribution < 1.29 is 33.4 Å². The van der Waals surface area contributed by atoms with Gasteiger partial charge in [0.1, 0.15) is 13.2 Å². The molecule has 0 spiro atoms. The third-order valence-corrected chi connectivity index (χ3v) is 6.85. The van der Waals surface area contributed by atoms with Crippen LogP contribution < -0.4 is 42.5 Å². The van der Waals surface area contributed by atoms with Crippen LogP contribution in [0.15, 0.2) is 25.3 Å². The first-order valence-electron chi connectivity index (χ1n) is 15.9. The molecule has 0 unspecified atom stereocenters. The first-order valence-corrected chi connectivity index (χ1v) is 15.9. The maximum absolute atomic E-state index is 12.8. The summed E-state index contributed by atoms with van der Waals surface area (Å²) in [5, 5.41) is 22.6. The number of nitrogens with one attached hydrogen (secondary N) is 8. The summed E-state index contributed by atoms with van der Waals surface area (Å²) >= 11 is 0. The Bertz CT molecular complexity index is 889. The molecule has 1 saturated heterocycles. The van der Waals surface area contributed by atoms with Crippen molar-refractivity contribution in [1.82, 2.24) is 42.5 Å². The molecule has 0 aromatic heterocycles. The van der Waals surface area contributed by atoms with E-state index in [0.717, 1.165) is 19.3 Å². The fourth-order valence-corrected chi connectivity index (χ4v) is 4.46. The highest BCUT2D eigenvalue weighted by molar-refractivity contribution is 5.77. The fraction of sp³-hybridized carbons (Fsp3) is 0.700. The Balaban J connectivity index is 2.79. The van der Waals surface area contributed by atoms with E-state index in [4.69, 9.17) is 9.47 Å². The largest absolute Gasteiger partial charge is 0.445 e. The second-order valence-electron chi connectivity index (χ2n) is 10.8. The first kappa shape index (κ1) is 38.9. The number of rotatable bonds is 18. The topological polar surface area (TPSA) is 200 Å². The number of unbranched alkanes of at least 4 members (excludes halogenated alkanes) is 4. The Morgan fingerprint density at radius 1 is 0.667 bits per heavy atom. The maximum Gasteiger partial charge on any atom is 0.407 e. The molecule has 1 aliphatic heterocycles. The Hall–Kier alpha value is -4.17. The molecule has 8 amide bonds. The molecule has 1 aliphatic rings. The third kappa shape index (κ3) is 21.2. The van der Waals surface area contributed by atoms with Gasteiger partial charge in [-0.05, 0) is 44.9 Å². The third-order valence-electron chi connectivity index (χ3n) is 6.85. The van der Waals surface area contributed by atoms with Gasteiger partial charge in [-0.2, -0.15) is 0 Å². The lowest BCUT2D eigenvalue weighted by molar-refractivity contribution is 0.157. The van der Waals surface area contributed by atoms with Gasteiger partial charge in [-0.1, -0.05) is 51.5 Å². The molecular weight excluding hydrogens is 584 g/mol. The SMILES string of the molecule is C=CCOC(=O)NCCCC[C@H]1CNC(=O)N[C@@H](CCCCC)CNC(=O)N[C@@H](CCCCNC(=O)OCC=C)CNC(=O)N1. The van der Waals surface area contributed by atoms with Gasteiger partial charge in [0.2, 0.25) is 0 Å². The lowest BCUT2D eigenvalue weighted by Gasteiger charge is -2.22. The van der Waals surface area contributed by atoms with Gasteiger partial charge in [-0.25, -0.2) is 24.0 Å². The Morgan fingerprint density at radius 2 is 1.02 bits per heavy atom. The summed E-state index contributed by atoms with van der Waals surface area (Å²) in [5.41, 5.74) is 0. The molecule has 8 N–H and O–H groups in total. The molecule has 256 valence electrons. The molecule has 1 heterocycles. The van der Waals surface area contributed by atoms with Crippen molar-refractivity contribution in [3.05, 3.63) is 25.3 Å².